The van der Waals surface area contributed by atoms with Crippen molar-refractivity contribution in [2.75, 3.05) is 41.7 Å². The highest BCUT2D eigenvalue weighted by atomic mass is 15.4. The molecule has 0 atom stereocenters. The van der Waals surface area contributed by atoms with E-state index in [1.54, 1.807) is 0 Å². The van der Waals surface area contributed by atoms with Crippen molar-refractivity contribution in [3.05, 3.63) is 0 Å². The molecule has 1 aromatic rings. The Morgan fingerprint density at radius 1 is 0.679 bits per heavy atom. The predicted molar refractivity (Wildman–Crippen MR) is 119 cm³/mol. The van der Waals surface area contributed by atoms with Gasteiger partial charge in [-0.05, 0) is 38.5 Å². The topological polar surface area (TPSA) is 78.0 Å². The summed E-state index contributed by atoms with van der Waals surface area (Å²) in [4.78, 5) is 16.5. The number of aromatic nitrogens is 3. The van der Waals surface area contributed by atoms with Crippen molar-refractivity contribution >= 4 is 17.8 Å². The average molecular weight is 392 g/mol. The summed E-state index contributed by atoms with van der Waals surface area (Å²) in [6.07, 6.45) is 0. The molecule has 1 aromatic heterocycles. The van der Waals surface area contributed by atoms with Crippen molar-refractivity contribution in [1.82, 2.24) is 20.3 Å². The van der Waals surface area contributed by atoms with Crippen LogP contribution < -0.4 is 20.9 Å². The van der Waals surface area contributed by atoms with Crippen LogP contribution in [-0.2, 0) is 0 Å². The molecule has 1 aliphatic rings. The van der Waals surface area contributed by atoms with Gasteiger partial charge in [0.05, 0.1) is 0 Å². The first-order chi connectivity index (χ1) is 12.6. The second-order valence-corrected chi connectivity index (χ2v) is 11.0. The zero-order valence-electron chi connectivity index (χ0n) is 19.6. The Morgan fingerprint density at radius 3 is 1.43 bits per heavy atom. The normalized spacial score (nSPS) is 16.9. The van der Waals surface area contributed by atoms with Gasteiger partial charge in [-0.2, -0.15) is 15.0 Å². The number of nitrogens with zero attached hydrogens (tertiary/aromatic N) is 4. The third-order valence-electron chi connectivity index (χ3n) is 6.62. The van der Waals surface area contributed by atoms with E-state index in [0.29, 0.717) is 11.9 Å². The Balaban J connectivity index is 2.41. The monoisotopic (exact) mass is 391 g/mol. The molecule has 1 saturated heterocycles. The van der Waals surface area contributed by atoms with Crippen LogP contribution in [0.15, 0.2) is 0 Å². The molecule has 3 N–H and O–H groups in total. The minimum atomic E-state index is -0.175. The summed E-state index contributed by atoms with van der Waals surface area (Å²) >= 11 is 0. The molecule has 0 bridgehead atoms. The molecule has 1 aliphatic heterocycles. The molecule has 1 fully saturated rings. The van der Waals surface area contributed by atoms with Crippen molar-refractivity contribution in [2.24, 2.45) is 10.8 Å². The first-order valence-corrected chi connectivity index (χ1v) is 10.4. The van der Waals surface area contributed by atoms with Crippen molar-refractivity contribution in [2.45, 2.75) is 80.3 Å². The lowest BCUT2D eigenvalue weighted by molar-refractivity contribution is 0.251. The highest BCUT2D eigenvalue weighted by molar-refractivity contribution is 5.46. The van der Waals surface area contributed by atoms with Crippen LogP contribution in [-0.4, -0.2) is 52.2 Å². The van der Waals surface area contributed by atoms with Crippen LogP contribution in [0.3, 0.4) is 0 Å². The molecule has 2 rings (SSSR count). The Morgan fingerprint density at radius 2 is 1.07 bits per heavy atom. The van der Waals surface area contributed by atoms with Crippen LogP contribution in [0.5, 0.6) is 0 Å². The molecular weight excluding hydrogens is 350 g/mol. The van der Waals surface area contributed by atoms with Crippen molar-refractivity contribution in [3.63, 3.8) is 0 Å². The van der Waals surface area contributed by atoms with Gasteiger partial charge in [-0.1, -0.05) is 41.5 Å². The summed E-state index contributed by atoms with van der Waals surface area (Å²) in [6, 6.07) is 0. The molecule has 0 amide bonds. The van der Waals surface area contributed by atoms with E-state index in [9.17, 15) is 0 Å². The number of rotatable bonds is 5. The summed E-state index contributed by atoms with van der Waals surface area (Å²) in [7, 11) is 0. The first kappa shape index (κ1) is 22.7. The smallest absolute Gasteiger partial charge is 0.232 e. The second-order valence-electron chi connectivity index (χ2n) is 11.0. The number of hydrogen-bond acceptors (Lipinski definition) is 7. The van der Waals surface area contributed by atoms with Gasteiger partial charge in [-0.3, -0.25) is 0 Å². The highest BCUT2D eigenvalue weighted by Crippen LogP contribution is 2.34. The third-order valence-corrected chi connectivity index (χ3v) is 6.62. The largest absolute Gasteiger partial charge is 0.349 e. The lowest BCUT2D eigenvalue weighted by atomic mass is 9.76. The van der Waals surface area contributed by atoms with Gasteiger partial charge in [0.1, 0.15) is 0 Å². The molecular formula is C21H41N7. The Kier molecular flexibility index (Phi) is 6.19. The van der Waals surface area contributed by atoms with Crippen LogP contribution in [0.4, 0.5) is 17.8 Å². The molecule has 0 saturated carbocycles. The van der Waals surface area contributed by atoms with E-state index in [-0.39, 0.29) is 21.9 Å². The number of nitrogens with one attached hydrogen (secondary N) is 3. The van der Waals surface area contributed by atoms with E-state index in [4.69, 9.17) is 15.0 Å². The molecule has 0 aliphatic carbocycles. The van der Waals surface area contributed by atoms with Crippen LogP contribution in [0, 0.1) is 10.8 Å². The number of piperazine rings is 1. The zero-order chi connectivity index (χ0) is 21.4. The Hall–Kier alpha value is -1.63. The maximum atomic E-state index is 4.77. The van der Waals surface area contributed by atoms with Gasteiger partial charge in [-0.25, -0.2) is 0 Å². The summed E-state index contributed by atoms with van der Waals surface area (Å²) in [5, 5.41) is 10.5. The van der Waals surface area contributed by atoms with E-state index in [0.717, 1.165) is 32.1 Å². The van der Waals surface area contributed by atoms with E-state index in [1.165, 1.54) is 0 Å². The van der Waals surface area contributed by atoms with Gasteiger partial charge >= 0.3 is 0 Å². The maximum absolute atomic E-state index is 4.77. The Bertz CT molecular complexity index is 616. The molecule has 0 aromatic carbocycles. The van der Waals surface area contributed by atoms with Crippen LogP contribution in [0.2, 0.25) is 0 Å². The fraction of sp³-hybridized carbons (Fsp3) is 0.857. The first-order valence-electron chi connectivity index (χ1n) is 10.4. The van der Waals surface area contributed by atoms with Gasteiger partial charge in [0.25, 0.3) is 0 Å². The Labute approximate surface area is 171 Å². The summed E-state index contributed by atoms with van der Waals surface area (Å²) in [5.41, 5.74) is -0.252. The number of anilines is 3. The van der Waals surface area contributed by atoms with Gasteiger partial charge in [0, 0.05) is 37.3 Å². The van der Waals surface area contributed by atoms with Gasteiger partial charge in [0.2, 0.25) is 17.8 Å². The molecule has 0 spiro atoms. The molecule has 2 heterocycles. The molecule has 7 nitrogen and oxygen atoms in total. The minimum absolute atomic E-state index is 0.0487. The molecule has 7 heteroatoms. The van der Waals surface area contributed by atoms with Gasteiger partial charge in [-0.15, -0.1) is 0 Å². The van der Waals surface area contributed by atoms with Crippen molar-refractivity contribution < 1.29 is 0 Å². The lowest BCUT2D eigenvalue weighted by Gasteiger charge is -2.41. The van der Waals surface area contributed by atoms with Crippen LogP contribution in [0.1, 0.15) is 69.2 Å². The van der Waals surface area contributed by atoms with Gasteiger partial charge in [0.15, 0.2) is 0 Å². The molecule has 160 valence electrons. The molecule has 0 unspecified atom stereocenters. The standard InChI is InChI=1S/C21H41N7/c1-18(2,3)20(7,8)26-15-23-16(27-21(9,10)19(4,5)6)25-17(24-15)28-13-11-22-12-14-28/h22H,11-14H2,1-10H3,(H2,23,24,25,26,27). The van der Waals surface area contributed by atoms with E-state index < -0.39 is 0 Å². The SMILES string of the molecule is CC(C)(C)C(C)(C)Nc1nc(NC(C)(C)C(C)(C)C)nc(N2CCNCC2)n1. The second kappa shape index (κ2) is 7.65. The quantitative estimate of drug-likeness (QED) is 0.705. The van der Waals surface area contributed by atoms with Crippen molar-refractivity contribution in [3.8, 4) is 0 Å². The summed E-state index contributed by atoms with van der Waals surface area (Å²) in [5.74, 6) is 1.97. The fourth-order valence-corrected chi connectivity index (χ4v) is 2.42. The number of hydrogen-bond donors (Lipinski definition) is 3. The average Bonchev–Trinajstić information content (AvgIpc) is 2.52. The molecule has 0 radical (unpaired) electrons. The summed E-state index contributed by atoms with van der Waals surface area (Å²) < 4.78 is 0. The van der Waals surface area contributed by atoms with E-state index in [1.807, 2.05) is 0 Å². The van der Waals surface area contributed by atoms with Gasteiger partial charge < -0.3 is 20.9 Å². The summed E-state index contributed by atoms with van der Waals surface area (Å²) in [6.45, 7) is 25.8. The minimum Gasteiger partial charge on any atom is -0.349 e. The third kappa shape index (κ3) is 5.25. The zero-order valence-corrected chi connectivity index (χ0v) is 19.6. The highest BCUT2D eigenvalue weighted by Gasteiger charge is 2.35. The van der Waals surface area contributed by atoms with E-state index >= 15 is 0 Å². The van der Waals surface area contributed by atoms with Crippen LogP contribution >= 0.6 is 0 Å². The fourth-order valence-electron chi connectivity index (χ4n) is 2.42. The van der Waals surface area contributed by atoms with Crippen molar-refractivity contribution in [1.29, 1.82) is 0 Å². The molecule has 28 heavy (non-hydrogen) atoms. The lowest BCUT2D eigenvalue weighted by Crippen LogP contribution is -2.47. The predicted octanol–water partition coefficient (Wildman–Crippen LogP) is 3.75. The van der Waals surface area contributed by atoms with Crippen LogP contribution in [0.25, 0.3) is 0 Å². The maximum Gasteiger partial charge on any atom is 0.232 e. The van der Waals surface area contributed by atoms with E-state index in [2.05, 4.69) is 90.1 Å².